The number of hydrogen-bond acceptors (Lipinski definition) is 4. The van der Waals surface area contributed by atoms with Crippen LogP contribution in [0.1, 0.15) is 18.4 Å². The molecule has 0 spiro atoms. The zero-order chi connectivity index (χ0) is 13.8. The van der Waals surface area contributed by atoms with Crippen molar-refractivity contribution in [2.45, 2.75) is 19.3 Å². The van der Waals surface area contributed by atoms with Crippen molar-refractivity contribution >= 4 is 5.82 Å². The molecule has 1 aromatic heterocycles. The first kappa shape index (κ1) is 13.1. The van der Waals surface area contributed by atoms with Gasteiger partial charge >= 0.3 is 0 Å². The lowest BCUT2D eigenvalue weighted by atomic mass is 10.1. The first-order valence-corrected chi connectivity index (χ1v) is 7.25. The molecule has 1 saturated heterocycles. The molecule has 4 nitrogen and oxygen atoms in total. The summed E-state index contributed by atoms with van der Waals surface area (Å²) in [4.78, 5) is 2.29. The molecule has 20 heavy (non-hydrogen) atoms. The van der Waals surface area contributed by atoms with Crippen molar-refractivity contribution in [3.05, 3.63) is 42.0 Å². The molecule has 2 aromatic rings. The molecule has 104 valence electrons. The van der Waals surface area contributed by atoms with E-state index in [-0.39, 0.29) is 0 Å². The van der Waals surface area contributed by atoms with Crippen LogP contribution in [0.2, 0.25) is 0 Å². The van der Waals surface area contributed by atoms with E-state index in [4.69, 9.17) is 5.73 Å². The quantitative estimate of drug-likeness (QED) is 0.924. The molecular formula is C16H20N4. The highest BCUT2D eigenvalue weighted by Crippen LogP contribution is 2.21. The average molecular weight is 268 g/mol. The maximum atomic E-state index is 5.56. The van der Waals surface area contributed by atoms with Crippen LogP contribution in [0.25, 0.3) is 11.3 Å². The molecule has 0 saturated carbocycles. The summed E-state index contributed by atoms with van der Waals surface area (Å²) in [5.41, 5.74) is 8.85. The van der Waals surface area contributed by atoms with Crippen LogP contribution in [0.5, 0.6) is 0 Å². The summed E-state index contributed by atoms with van der Waals surface area (Å²) in [5, 5.41) is 8.70. The third-order valence-corrected chi connectivity index (χ3v) is 3.76. The monoisotopic (exact) mass is 268 g/mol. The minimum absolute atomic E-state index is 0.684. The topological polar surface area (TPSA) is 55.0 Å². The van der Waals surface area contributed by atoms with E-state index in [1.807, 2.05) is 0 Å². The zero-order valence-electron chi connectivity index (χ0n) is 11.6. The summed E-state index contributed by atoms with van der Waals surface area (Å²) in [5.74, 6) is 0.992. The lowest BCUT2D eigenvalue weighted by Crippen LogP contribution is -2.19. The Kier molecular flexibility index (Phi) is 3.92. The van der Waals surface area contributed by atoms with Gasteiger partial charge in [-0.3, -0.25) is 0 Å². The van der Waals surface area contributed by atoms with E-state index in [1.165, 1.54) is 18.4 Å². The van der Waals surface area contributed by atoms with Crippen molar-refractivity contribution in [3.8, 4) is 11.3 Å². The first-order valence-electron chi connectivity index (χ1n) is 7.25. The van der Waals surface area contributed by atoms with E-state index >= 15 is 0 Å². The molecule has 1 fully saturated rings. The average Bonchev–Trinajstić information content (AvgIpc) is 3.03. The summed E-state index contributed by atoms with van der Waals surface area (Å²) in [6.45, 7) is 2.88. The molecule has 1 aliphatic heterocycles. The van der Waals surface area contributed by atoms with Crippen LogP contribution in [0.4, 0.5) is 5.82 Å². The summed E-state index contributed by atoms with van der Waals surface area (Å²) < 4.78 is 0. The van der Waals surface area contributed by atoms with E-state index in [1.54, 1.807) is 0 Å². The van der Waals surface area contributed by atoms with Gasteiger partial charge in [0.25, 0.3) is 0 Å². The lowest BCUT2D eigenvalue weighted by Gasteiger charge is -2.15. The third-order valence-electron chi connectivity index (χ3n) is 3.76. The van der Waals surface area contributed by atoms with Crippen LogP contribution >= 0.6 is 0 Å². The fourth-order valence-electron chi connectivity index (χ4n) is 2.60. The van der Waals surface area contributed by atoms with E-state index in [0.717, 1.165) is 36.6 Å². The minimum atomic E-state index is 0.684. The molecule has 0 amide bonds. The van der Waals surface area contributed by atoms with Crippen LogP contribution in [-0.2, 0) is 6.42 Å². The van der Waals surface area contributed by atoms with Crippen LogP contribution in [0.15, 0.2) is 36.4 Å². The maximum Gasteiger partial charge on any atom is 0.151 e. The molecule has 0 unspecified atom stereocenters. The highest BCUT2D eigenvalue weighted by atomic mass is 15.3. The van der Waals surface area contributed by atoms with E-state index in [2.05, 4.69) is 51.5 Å². The second kappa shape index (κ2) is 6.01. The number of benzene rings is 1. The Labute approximate surface area is 119 Å². The molecule has 0 radical (unpaired) electrons. The van der Waals surface area contributed by atoms with Gasteiger partial charge in [0.1, 0.15) is 0 Å². The number of nitrogens with two attached hydrogens (primary N) is 1. The molecule has 2 N–H and O–H groups in total. The molecular weight excluding hydrogens is 248 g/mol. The predicted molar refractivity (Wildman–Crippen MR) is 81.7 cm³/mol. The van der Waals surface area contributed by atoms with Crippen molar-refractivity contribution in [3.63, 3.8) is 0 Å². The fourth-order valence-corrected chi connectivity index (χ4v) is 2.60. The van der Waals surface area contributed by atoms with Gasteiger partial charge in [-0.25, -0.2) is 0 Å². The highest BCUT2D eigenvalue weighted by Gasteiger charge is 2.13. The number of rotatable bonds is 4. The van der Waals surface area contributed by atoms with Crippen molar-refractivity contribution < 1.29 is 0 Å². The Balaban J connectivity index is 1.76. The molecule has 3 rings (SSSR count). The zero-order valence-corrected chi connectivity index (χ0v) is 11.6. The van der Waals surface area contributed by atoms with E-state index in [0.29, 0.717) is 6.54 Å². The Hall–Kier alpha value is -1.94. The smallest absolute Gasteiger partial charge is 0.151 e. The summed E-state index contributed by atoms with van der Waals surface area (Å²) >= 11 is 0. The van der Waals surface area contributed by atoms with Crippen LogP contribution < -0.4 is 10.6 Å². The molecule has 2 heterocycles. The van der Waals surface area contributed by atoms with Gasteiger partial charge in [0, 0.05) is 18.7 Å². The van der Waals surface area contributed by atoms with Crippen molar-refractivity contribution in [1.82, 2.24) is 10.2 Å². The lowest BCUT2D eigenvalue weighted by molar-refractivity contribution is 0.896. The Morgan fingerprint density at radius 2 is 1.70 bits per heavy atom. The number of anilines is 1. The van der Waals surface area contributed by atoms with Gasteiger partial charge in [-0.15, -0.1) is 10.2 Å². The van der Waals surface area contributed by atoms with Gasteiger partial charge in [0.2, 0.25) is 0 Å². The van der Waals surface area contributed by atoms with Crippen molar-refractivity contribution in [2.75, 3.05) is 24.5 Å². The largest absolute Gasteiger partial charge is 0.355 e. The molecule has 0 atom stereocenters. The third kappa shape index (κ3) is 2.80. The van der Waals surface area contributed by atoms with Gasteiger partial charge < -0.3 is 10.6 Å². The minimum Gasteiger partial charge on any atom is -0.355 e. The van der Waals surface area contributed by atoms with Gasteiger partial charge in [-0.2, -0.15) is 0 Å². The van der Waals surface area contributed by atoms with Gasteiger partial charge in [0.05, 0.1) is 5.69 Å². The second-order valence-corrected chi connectivity index (χ2v) is 5.21. The van der Waals surface area contributed by atoms with Crippen LogP contribution in [-0.4, -0.2) is 29.8 Å². The Morgan fingerprint density at radius 3 is 2.30 bits per heavy atom. The van der Waals surface area contributed by atoms with E-state index in [9.17, 15) is 0 Å². The molecule has 0 aliphatic carbocycles. The SMILES string of the molecule is NCCc1ccc(-c2ccc(N3CCCC3)nn2)cc1. The number of nitrogens with zero attached hydrogens (tertiary/aromatic N) is 3. The predicted octanol–water partition coefficient (Wildman–Crippen LogP) is 2.25. The van der Waals surface area contributed by atoms with Crippen molar-refractivity contribution in [1.29, 1.82) is 0 Å². The van der Waals surface area contributed by atoms with Gasteiger partial charge in [-0.05, 0) is 43.5 Å². The highest BCUT2D eigenvalue weighted by molar-refractivity contribution is 5.60. The Bertz CT molecular complexity index is 542. The molecule has 1 aromatic carbocycles. The van der Waals surface area contributed by atoms with Crippen LogP contribution in [0.3, 0.4) is 0 Å². The summed E-state index contributed by atoms with van der Waals surface area (Å²) in [7, 11) is 0. The summed E-state index contributed by atoms with van der Waals surface area (Å²) in [6, 6.07) is 12.5. The molecule has 1 aliphatic rings. The fraction of sp³-hybridized carbons (Fsp3) is 0.375. The number of hydrogen-bond donors (Lipinski definition) is 1. The van der Waals surface area contributed by atoms with E-state index < -0.39 is 0 Å². The Morgan fingerprint density at radius 1 is 0.950 bits per heavy atom. The maximum absolute atomic E-state index is 5.56. The normalized spacial score (nSPS) is 14.8. The second-order valence-electron chi connectivity index (χ2n) is 5.21. The molecule has 0 bridgehead atoms. The van der Waals surface area contributed by atoms with Crippen molar-refractivity contribution in [2.24, 2.45) is 5.73 Å². The summed E-state index contributed by atoms with van der Waals surface area (Å²) in [6.07, 6.45) is 3.43. The van der Waals surface area contributed by atoms with Gasteiger partial charge in [0.15, 0.2) is 5.82 Å². The standard InChI is InChI=1S/C16H20N4/c17-10-9-13-3-5-14(6-4-13)15-7-8-16(19-18-15)20-11-1-2-12-20/h3-8H,1-2,9-12,17H2. The van der Waals surface area contributed by atoms with Crippen LogP contribution in [0, 0.1) is 0 Å². The molecule has 4 heteroatoms. The van der Waals surface area contributed by atoms with Gasteiger partial charge in [-0.1, -0.05) is 24.3 Å². The first-order chi connectivity index (χ1) is 9.86. The number of aromatic nitrogens is 2.